The lowest BCUT2D eigenvalue weighted by atomic mass is 9.75. The van der Waals surface area contributed by atoms with Gasteiger partial charge in [0.05, 0.1) is 13.7 Å². The highest BCUT2D eigenvalue weighted by Gasteiger charge is 2.42. The van der Waals surface area contributed by atoms with Gasteiger partial charge in [0.2, 0.25) is 5.91 Å². The fraction of sp³-hybridized carbons (Fsp3) is 0.526. The van der Waals surface area contributed by atoms with Gasteiger partial charge in [-0.15, -0.1) is 0 Å². The van der Waals surface area contributed by atoms with Crippen LogP contribution in [0.3, 0.4) is 0 Å². The molecule has 0 atom stereocenters. The molecule has 7 heteroatoms. The molecule has 0 unspecified atom stereocenters. The highest BCUT2D eigenvalue weighted by molar-refractivity contribution is 5.97. The molecule has 1 aliphatic rings. The van der Waals surface area contributed by atoms with Gasteiger partial charge in [-0.2, -0.15) is 0 Å². The van der Waals surface area contributed by atoms with Crippen LogP contribution in [0.2, 0.25) is 0 Å². The maximum absolute atomic E-state index is 12.2. The number of amides is 2. The molecule has 0 bridgehead atoms. The smallest absolute Gasteiger partial charge is 0.329 e. The summed E-state index contributed by atoms with van der Waals surface area (Å²) in [5, 5.41) is 14.7. The molecule has 3 N–H and O–H groups in total. The lowest BCUT2D eigenvalue weighted by molar-refractivity contribution is -0.149. The Morgan fingerprint density at radius 2 is 1.96 bits per heavy atom. The first-order valence-electron chi connectivity index (χ1n) is 8.87. The Balaban J connectivity index is 1.92. The molecule has 1 saturated carbocycles. The standard InChI is InChI=1S/C19H26N2O5/c1-3-13-7-9-19(10-8-13,18(24)25)21-16(22)12-20-17(23)14-5-4-6-15(11-14)26-2/h4-6,11,13H,3,7-10,12H2,1-2H3,(H,20,23)(H,21,22)(H,24,25). The molecule has 142 valence electrons. The first-order valence-corrected chi connectivity index (χ1v) is 8.87. The van der Waals surface area contributed by atoms with E-state index < -0.39 is 23.3 Å². The minimum atomic E-state index is -1.23. The van der Waals surface area contributed by atoms with Crippen molar-refractivity contribution in [3.63, 3.8) is 0 Å². The zero-order valence-corrected chi connectivity index (χ0v) is 15.2. The van der Waals surface area contributed by atoms with Crippen molar-refractivity contribution >= 4 is 17.8 Å². The number of ether oxygens (including phenoxy) is 1. The number of carboxylic acid groups (broad SMARTS) is 1. The number of nitrogens with one attached hydrogen (secondary N) is 2. The van der Waals surface area contributed by atoms with E-state index in [1.54, 1.807) is 24.3 Å². The van der Waals surface area contributed by atoms with E-state index in [2.05, 4.69) is 17.6 Å². The Hall–Kier alpha value is -2.57. The average Bonchev–Trinajstić information content (AvgIpc) is 2.66. The highest BCUT2D eigenvalue weighted by Crippen LogP contribution is 2.34. The molecule has 1 fully saturated rings. The number of hydrogen-bond donors (Lipinski definition) is 3. The minimum Gasteiger partial charge on any atom is -0.497 e. The summed E-state index contributed by atoms with van der Waals surface area (Å²) in [5.41, 5.74) is -0.864. The number of benzene rings is 1. The molecule has 2 amide bonds. The normalized spacial score (nSPS) is 22.3. The van der Waals surface area contributed by atoms with E-state index in [0.29, 0.717) is 30.1 Å². The van der Waals surface area contributed by atoms with Crippen molar-refractivity contribution in [2.24, 2.45) is 5.92 Å². The molecule has 0 heterocycles. The van der Waals surface area contributed by atoms with Gasteiger partial charge in [-0.1, -0.05) is 19.4 Å². The van der Waals surface area contributed by atoms with Gasteiger partial charge in [-0.25, -0.2) is 4.79 Å². The van der Waals surface area contributed by atoms with E-state index in [9.17, 15) is 19.5 Å². The second-order valence-electron chi connectivity index (χ2n) is 6.70. The molecule has 0 aliphatic heterocycles. The molecular weight excluding hydrogens is 336 g/mol. The third-order valence-electron chi connectivity index (χ3n) is 5.07. The first-order chi connectivity index (χ1) is 12.4. The zero-order valence-electron chi connectivity index (χ0n) is 15.2. The van der Waals surface area contributed by atoms with E-state index in [0.717, 1.165) is 19.3 Å². The number of methoxy groups -OCH3 is 1. The Morgan fingerprint density at radius 1 is 1.27 bits per heavy atom. The number of aliphatic carboxylic acids is 1. The Kier molecular flexibility index (Phi) is 6.60. The van der Waals surface area contributed by atoms with Crippen molar-refractivity contribution in [2.75, 3.05) is 13.7 Å². The molecule has 0 radical (unpaired) electrons. The average molecular weight is 362 g/mol. The van der Waals surface area contributed by atoms with Crippen LogP contribution in [-0.4, -0.2) is 42.1 Å². The second-order valence-corrected chi connectivity index (χ2v) is 6.70. The van der Waals surface area contributed by atoms with Crippen LogP contribution in [0.5, 0.6) is 5.75 Å². The van der Waals surface area contributed by atoms with Gasteiger partial charge in [-0.05, 0) is 49.8 Å². The molecular formula is C19H26N2O5. The Labute approximate surface area is 153 Å². The van der Waals surface area contributed by atoms with Gasteiger partial charge in [0.1, 0.15) is 11.3 Å². The molecule has 0 aromatic heterocycles. The maximum atomic E-state index is 12.2. The van der Waals surface area contributed by atoms with E-state index in [1.807, 2.05) is 0 Å². The van der Waals surface area contributed by atoms with Gasteiger partial charge in [0, 0.05) is 5.56 Å². The molecule has 26 heavy (non-hydrogen) atoms. The molecule has 1 aliphatic carbocycles. The Morgan fingerprint density at radius 3 is 2.54 bits per heavy atom. The van der Waals surface area contributed by atoms with Crippen LogP contribution in [-0.2, 0) is 9.59 Å². The third-order valence-corrected chi connectivity index (χ3v) is 5.07. The SMILES string of the molecule is CCC1CCC(NC(=O)CNC(=O)c2cccc(OC)c2)(C(=O)O)CC1. The van der Waals surface area contributed by atoms with Gasteiger partial charge in [0.15, 0.2) is 0 Å². The monoisotopic (exact) mass is 362 g/mol. The molecule has 1 aromatic carbocycles. The van der Waals surface area contributed by atoms with Gasteiger partial charge < -0.3 is 20.5 Å². The van der Waals surface area contributed by atoms with Crippen LogP contribution in [0, 0.1) is 5.92 Å². The third kappa shape index (κ3) is 4.74. The van der Waals surface area contributed by atoms with Crippen LogP contribution in [0.4, 0.5) is 0 Å². The van der Waals surface area contributed by atoms with Gasteiger partial charge in [-0.3, -0.25) is 9.59 Å². The number of carbonyl (C=O) groups is 3. The van der Waals surface area contributed by atoms with Gasteiger partial charge in [0.25, 0.3) is 5.91 Å². The molecule has 2 rings (SSSR count). The van der Waals surface area contributed by atoms with Crippen LogP contribution in [0.25, 0.3) is 0 Å². The predicted octanol–water partition coefficient (Wildman–Crippen LogP) is 1.96. The summed E-state index contributed by atoms with van der Waals surface area (Å²) in [6.45, 7) is 1.81. The van der Waals surface area contributed by atoms with Gasteiger partial charge >= 0.3 is 5.97 Å². The predicted molar refractivity (Wildman–Crippen MR) is 96.1 cm³/mol. The Bertz CT molecular complexity index is 666. The van der Waals surface area contributed by atoms with Crippen LogP contribution >= 0.6 is 0 Å². The quantitative estimate of drug-likeness (QED) is 0.688. The fourth-order valence-electron chi connectivity index (χ4n) is 3.31. The topological polar surface area (TPSA) is 105 Å². The summed E-state index contributed by atoms with van der Waals surface area (Å²) >= 11 is 0. The van der Waals surface area contributed by atoms with E-state index in [1.165, 1.54) is 7.11 Å². The van der Waals surface area contributed by atoms with Crippen LogP contribution in [0.15, 0.2) is 24.3 Å². The summed E-state index contributed by atoms with van der Waals surface area (Å²) in [4.78, 5) is 36.1. The first kappa shape index (κ1) is 19.8. The van der Waals surface area contributed by atoms with Crippen LogP contribution in [0.1, 0.15) is 49.4 Å². The van der Waals surface area contributed by atoms with Crippen molar-refractivity contribution in [3.05, 3.63) is 29.8 Å². The van der Waals surface area contributed by atoms with Crippen molar-refractivity contribution < 1.29 is 24.2 Å². The molecule has 0 spiro atoms. The van der Waals surface area contributed by atoms with Crippen molar-refractivity contribution in [3.8, 4) is 5.75 Å². The zero-order chi connectivity index (χ0) is 19.2. The summed E-state index contributed by atoms with van der Waals surface area (Å²) in [5.74, 6) is -0.886. The number of carbonyl (C=O) groups excluding carboxylic acids is 2. The molecule has 1 aromatic rings. The van der Waals surface area contributed by atoms with Crippen molar-refractivity contribution in [1.29, 1.82) is 0 Å². The summed E-state index contributed by atoms with van der Waals surface area (Å²) in [6.07, 6.45) is 3.39. The van der Waals surface area contributed by atoms with Crippen molar-refractivity contribution in [1.82, 2.24) is 10.6 Å². The summed E-state index contributed by atoms with van der Waals surface area (Å²) in [7, 11) is 1.50. The number of hydrogen-bond acceptors (Lipinski definition) is 4. The van der Waals surface area contributed by atoms with Crippen LogP contribution < -0.4 is 15.4 Å². The van der Waals surface area contributed by atoms with E-state index in [-0.39, 0.29) is 6.54 Å². The second kappa shape index (κ2) is 8.69. The maximum Gasteiger partial charge on any atom is 0.329 e. The number of rotatable bonds is 7. The molecule has 7 nitrogen and oxygen atoms in total. The summed E-state index contributed by atoms with van der Waals surface area (Å²) < 4.78 is 5.06. The molecule has 0 saturated heterocycles. The lowest BCUT2D eigenvalue weighted by Gasteiger charge is -2.37. The highest BCUT2D eigenvalue weighted by atomic mass is 16.5. The minimum absolute atomic E-state index is 0.276. The lowest BCUT2D eigenvalue weighted by Crippen LogP contribution is -2.58. The summed E-state index contributed by atoms with van der Waals surface area (Å²) in [6, 6.07) is 6.57. The number of carboxylic acids is 1. The van der Waals surface area contributed by atoms with E-state index >= 15 is 0 Å². The largest absolute Gasteiger partial charge is 0.497 e. The van der Waals surface area contributed by atoms with Crippen molar-refractivity contribution in [2.45, 2.75) is 44.6 Å². The fourth-order valence-corrected chi connectivity index (χ4v) is 3.31. The van der Waals surface area contributed by atoms with E-state index in [4.69, 9.17) is 4.74 Å².